The van der Waals surface area contributed by atoms with E-state index in [4.69, 9.17) is 18.9 Å². The van der Waals surface area contributed by atoms with Crippen LogP contribution in [0.3, 0.4) is 0 Å². The fraction of sp³-hybridized carbons (Fsp3) is 0.296. The molecule has 0 saturated carbocycles. The molecule has 0 spiro atoms. The molecule has 1 amide bonds. The highest BCUT2D eigenvalue weighted by molar-refractivity contribution is 5.97. The highest BCUT2D eigenvalue weighted by Crippen LogP contribution is 2.39. The third kappa shape index (κ3) is 5.68. The van der Waals surface area contributed by atoms with Gasteiger partial charge in [0.1, 0.15) is 23.6 Å². The van der Waals surface area contributed by atoms with Gasteiger partial charge in [-0.15, -0.1) is 0 Å². The molecule has 3 aromatic rings. The van der Waals surface area contributed by atoms with E-state index in [-0.39, 0.29) is 11.4 Å². The van der Waals surface area contributed by atoms with Gasteiger partial charge in [0, 0.05) is 23.4 Å². The number of aromatic nitrogens is 1. The third-order valence-electron chi connectivity index (χ3n) is 5.74. The molecule has 0 saturated heterocycles. The summed E-state index contributed by atoms with van der Waals surface area (Å²) >= 11 is 0. The van der Waals surface area contributed by atoms with Crippen molar-refractivity contribution < 1.29 is 33.6 Å². The molecule has 1 heterocycles. The summed E-state index contributed by atoms with van der Waals surface area (Å²) in [6, 6.07) is 15.4. The number of nitrogens with zero attached hydrogens (tertiary/aromatic N) is 1. The molecule has 9 nitrogen and oxygen atoms in total. The molecule has 0 unspecified atom stereocenters. The Morgan fingerprint density at radius 1 is 0.833 bits per heavy atom. The van der Waals surface area contributed by atoms with Gasteiger partial charge in [-0.2, -0.15) is 0 Å². The van der Waals surface area contributed by atoms with Crippen LogP contribution in [0, 0.1) is 0 Å². The highest BCUT2D eigenvalue weighted by atomic mass is 16.5. The lowest BCUT2D eigenvalue weighted by Crippen LogP contribution is -2.41. The van der Waals surface area contributed by atoms with Gasteiger partial charge in [0.2, 0.25) is 0 Å². The van der Waals surface area contributed by atoms with Crippen LogP contribution in [0.1, 0.15) is 41.4 Å². The smallest absolute Gasteiger partial charge is 0.328 e. The van der Waals surface area contributed by atoms with Gasteiger partial charge in [-0.1, -0.05) is 36.4 Å². The van der Waals surface area contributed by atoms with Crippen LogP contribution < -0.4 is 19.5 Å². The molecule has 2 atom stereocenters. The maximum absolute atomic E-state index is 13.0. The van der Waals surface area contributed by atoms with E-state index in [0.29, 0.717) is 11.5 Å². The van der Waals surface area contributed by atoms with E-state index in [1.54, 1.807) is 21.1 Å². The number of hydrogen-bond acceptors (Lipinski definition) is 8. The van der Waals surface area contributed by atoms with E-state index in [1.807, 2.05) is 48.5 Å². The predicted octanol–water partition coefficient (Wildman–Crippen LogP) is 3.70. The van der Waals surface area contributed by atoms with Gasteiger partial charge in [-0.25, -0.2) is 9.78 Å². The van der Waals surface area contributed by atoms with Crippen LogP contribution in [-0.4, -0.2) is 55.4 Å². The molecule has 0 fully saturated rings. The minimum Gasteiger partial charge on any atom is -0.503 e. The molecular weight excluding hydrogens is 464 g/mol. The second-order valence-corrected chi connectivity index (χ2v) is 8.01. The molecule has 190 valence electrons. The summed E-state index contributed by atoms with van der Waals surface area (Å²) in [6.45, 7) is 3.26. The van der Waals surface area contributed by atoms with Crippen molar-refractivity contribution in [1.29, 1.82) is 0 Å². The number of esters is 1. The van der Waals surface area contributed by atoms with E-state index in [9.17, 15) is 14.7 Å². The average Bonchev–Trinajstić information content (AvgIpc) is 2.89. The maximum Gasteiger partial charge on any atom is 0.328 e. The monoisotopic (exact) mass is 494 g/mol. The number of nitrogens with one attached hydrogen (secondary N) is 1. The second kappa shape index (κ2) is 11.9. The van der Waals surface area contributed by atoms with E-state index in [2.05, 4.69) is 10.3 Å². The number of benzene rings is 2. The number of carbonyl (C=O) groups excluding carboxylic acids is 2. The highest BCUT2D eigenvalue weighted by Gasteiger charge is 2.31. The minimum atomic E-state index is -1.02. The quantitative estimate of drug-likeness (QED) is 0.410. The molecule has 0 aliphatic rings. The maximum atomic E-state index is 13.0. The molecule has 0 bridgehead atoms. The Balaban J connectivity index is 1.84. The predicted molar refractivity (Wildman–Crippen MR) is 133 cm³/mol. The summed E-state index contributed by atoms with van der Waals surface area (Å²) in [5.74, 6) is -0.875. The SMILES string of the molecule is COc1ccccc1C(c1ccccc1OC)[C@H](C)OC(=O)[C@H](C)NC(=O)c1nccc(OC)c1O. The third-order valence-corrected chi connectivity index (χ3v) is 5.74. The first-order valence-corrected chi connectivity index (χ1v) is 11.3. The molecule has 1 aromatic heterocycles. The molecule has 36 heavy (non-hydrogen) atoms. The lowest BCUT2D eigenvalue weighted by Gasteiger charge is -2.28. The Hall–Kier alpha value is -4.27. The first kappa shape index (κ1) is 26.3. The Bertz CT molecular complexity index is 1170. The zero-order valence-electron chi connectivity index (χ0n) is 20.8. The van der Waals surface area contributed by atoms with Crippen LogP contribution in [0.25, 0.3) is 0 Å². The molecule has 9 heteroatoms. The number of carbonyl (C=O) groups is 2. The summed E-state index contributed by atoms with van der Waals surface area (Å²) < 4.78 is 22.0. The van der Waals surface area contributed by atoms with Crippen LogP contribution in [0.15, 0.2) is 60.8 Å². The molecule has 0 aliphatic carbocycles. The Morgan fingerprint density at radius 2 is 1.36 bits per heavy atom. The van der Waals surface area contributed by atoms with Gasteiger partial charge in [-0.05, 0) is 26.0 Å². The van der Waals surface area contributed by atoms with Crippen molar-refractivity contribution >= 4 is 11.9 Å². The Labute approximate surface area is 210 Å². The molecule has 3 rings (SSSR count). The largest absolute Gasteiger partial charge is 0.503 e. The normalized spacial score (nSPS) is 12.4. The number of hydrogen-bond donors (Lipinski definition) is 2. The van der Waals surface area contributed by atoms with Gasteiger partial charge in [-0.3, -0.25) is 4.79 Å². The number of methoxy groups -OCH3 is 3. The fourth-order valence-corrected chi connectivity index (χ4v) is 3.96. The summed E-state index contributed by atoms with van der Waals surface area (Å²) in [5.41, 5.74) is 1.36. The van der Waals surface area contributed by atoms with Crippen LogP contribution in [-0.2, 0) is 9.53 Å². The minimum absolute atomic E-state index is 0.0930. The molecule has 0 radical (unpaired) electrons. The summed E-state index contributed by atoms with van der Waals surface area (Å²) in [4.78, 5) is 29.5. The summed E-state index contributed by atoms with van der Waals surface area (Å²) in [6.07, 6.45) is 0.664. The number of pyridine rings is 1. The van der Waals surface area contributed by atoms with E-state index in [1.165, 1.54) is 26.3 Å². The number of para-hydroxylation sites is 2. The van der Waals surface area contributed by atoms with Crippen LogP contribution in [0.5, 0.6) is 23.0 Å². The van der Waals surface area contributed by atoms with Crippen molar-refractivity contribution in [3.63, 3.8) is 0 Å². The molecular formula is C27H30N2O7. The molecule has 2 N–H and O–H groups in total. The first-order valence-electron chi connectivity index (χ1n) is 11.3. The fourth-order valence-electron chi connectivity index (χ4n) is 3.96. The Kier molecular flexibility index (Phi) is 8.72. The molecule has 2 aromatic carbocycles. The van der Waals surface area contributed by atoms with Crippen LogP contribution >= 0.6 is 0 Å². The number of ether oxygens (including phenoxy) is 4. The van der Waals surface area contributed by atoms with Gasteiger partial charge in [0.25, 0.3) is 5.91 Å². The zero-order chi connectivity index (χ0) is 26.2. The lowest BCUT2D eigenvalue weighted by molar-refractivity contribution is -0.150. The molecule has 0 aliphatic heterocycles. The average molecular weight is 495 g/mol. The van der Waals surface area contributed by atoms with Gasteiger partial charge in [0.05, 0.1) is 27.2 Å². The van der Waals surface area contributed by atoms with Crippen molar-refractivity contribution in [2.75, 3.05) is 21.3 Å². The Morgan fingerprint density at radius 3 is 1.89 bits per heavy atom. The first-order chi connectivity index (χ1) is 17.3. The van der Waals surface area contributed by atoms with E-state index >= 15 is 0 Å². The van der Waals surface area contributed by atoms with Crippen molar-refractivity contribution in [2.45, 2.75) is 31.9 Å². The van der Waals surface area contributed by atoms with Gasteiger partial charge >= 0.3 is 5.97 Å². The van der Waals surface area contributed by atoms with E-state index < -0.39 is 35.7 Å². The summed E-state index contributed by atoms with van der Waals surface area (Å²) in [7, 11) is 4.51. The van der Waals surface area contributed by atoms with Crippen molar-refractivity contribution in [3.8, 4) is 23.0 Å². The van der Waals surface area contributed by atoms with Crippen molar-refractivity contribution in [2.24, 2.45) is 0 Å². The number of amides is 1. The number of aromatic hydroxyl groups is 1. The van der Waals surface area contributed by atoms with E-state index in [0.717, 1.165) is 11.1 Å². The topological polar surface area (TPSA) is 116 Å². The number of rotatable bonds is 10. The standard InChI is InChI=1S/C27H30N2O7/c1-16(29-26(31)24-25(30)22(35-5)14-15-28-24)27(32)36-17(2)23(18-10-6-8-12-20(18)33-3)19-11-7-9-13-21(19)34-4/h6-17,23,30H,1-5H3,(H,29,31)/t16-,17-/m0/s1. The van der Waals surface area contributed by atoms with Crippen LogP contribution in [0.4, 0.5) is 0 Å². The van der Waals surface area contributed by atoms with Crippen molar-refractivity contribution in [1.82, 2.24) is 10.3 Å². The van der Waals surface area contributed by atoms with Gasteiger partial charge in [0.15, 0.2) is 17.2 Å². The lowest BCUT2D eigenvalue weighted by atomic mass is 9.86. The van der Waals surface area contributed by atoms with Crippen LogP contribution in [0.2, 0.25) is 0 Å². The van der Waals surface area contributed by atoms with Crippen molar-refractivity contribution in [3.05, 3.63) is 77.6 Å². The zero-order valence-corrected chi connectivity index (χ0v) is 20.8. The van der Waals surface area contributed by atoms with Gasteiger partial charge < -0.3 is 29.4 Å². The second-order valence-electron chi connectivity index (χ2n) is 8.01. The summed E-state index contributed by atoms with van der Waals surface area (Å²) in [5, 5.41) is 12.7.